The minimum absolute atomic E-state index is 0.295. The molecule has 1 fully saturated rings. The lowest BCUT2D eigenvalue weighted by Crippen LogP contribution is -2.49. The molecule has 0 aliphatic carbocycles. The highest BCUT2D eigenvalue weighted by Gasteiger charge is 2.28. The Labute approximate surface area is 187 Å². The number of aromatic nitrogens is 2. The van der Waals surface area contributed by atoms with E-state index in [0.29, 0.717) is 25.2 Å². The SMILES string of the molecule is Cc1ccc(-n2nc(C(=O)NN3CCCC(C(=O)O)C3)c(C)c2-c2ccccc2)c(C)c1. The largest absolute Gasteiger partial charge is 0.481 e. The van der Waals surface area contributed by atoms with E-state index in [1.54, 1.807) is 5.01 Å². The predicted molar refractivity (Wildman–Crippen MR) is 123 cm³/mol. The summed E-state index contributed by atoms with van der Waals surface area (Å²) in [5.74, 6) is -1.63. The summed E-state index contributed by atoms with van der Waals surface area (Å²) >= 11 is 0. The van der Waals surface area contributed by atoms with Crippen LogP contribution in [0, 0.1) is 26.7 Å². The number of hydrogen-bond acceptors (Lipinski definition) is 4. The van der Waals surface area contributed by atoms with E-state index in [9.17, 15) is 14.7 Å². The van der Waals surface area contributed by atoms with Gasteiger partial charge in [0.05, 0.1) is 17.3 Å². The van der Waals surface area contributed by atoms with Gasteiger partial charge in [0.15, 0.2) is 5.69 Å². The minimum atomic E-state index is -0.828. The van der Waals surface area contributed by atoms with Gasteiger partial charge < -0.3 is 5.11 Å². The third-order valence-corrected chi connectivity index (χ3v) is 6.00. The normalized spacial score (nSPS) is 16.7. The Morgan fingerprint density at radius 3 is 2.53 bits per heavy atom. The lowest BCUT2D eigenvalue weighted by atomic mass is 9.99. The van der Waals surface area contributed by atoms with Crippen LogP contribution in [0.1, 0.15) is 40.0 Å². The average molecular weight is 433 g/mol. The second-order valence-corrected chi connectivity index (χ2v) is 8.45. The minimum Gasteiger partial charge on any atom is -0.481 e. The average Bonchev–Trinajstić information content (AvgIpc) is 3.11. The standard InChI is InChI=1S/C25H28N4O3/c1-16-11-12-21(17(2)14-16)29-23(19-8-5-4-6-9-19)18(3)22(26-29)24(30)27-28-13-7-10-20(15-28)25(31)32/h4-6,8-9,11-12,14,20H,7,10,13,15H2,1-3H3,(H,27,30)(H,31,32). The van der Waals surface area contributed by atoms with Crippen LogP contribution in [0.4, 0.5) is 0 Å². The molecule has 0 saturated carbocycles. The van der Waals surface area contributed by atoms with Crippen molar-refractivity contribution >= 4 is 11.9 Å². The maximum atomic E-state index is 13.2. The predicted octanol–water partition coefficient (Wildman–Crippen LogP) is 3.91. The zero-order valence-electron chi connectivity index (χ0n) is 18.6. The maximum absolute atomic E-state index is 13.2. The van der Waals surface area contributed by atoms with Gasteiger partial charge in [0.25, 0.3) is 5.91 Å². The van der Waals surface area contributed by atoms with Crippen molar-refractivity contribution in [2.75, 3.05) is 13.1 Å². The summed E-state index contributed by atoms with van der Waals surface area (Å²) in [6, 6.07) is 16.1. The molecule has 166 valence electrons. The molecule has 4 rings (SSSR count). The Morgan fingerprint density at radius 1 is 1.09 bits per heavy atom. The Kier molecular flexibility index (Phi) is 6.10. The van der Waals surface area contributed by atoms with E-state index in [1.807, 2.05) is 67.9 Å². The van der Waals surface area contributed by atoms with Gasteiger partial charge in [-0.05, 0) is 45.2 Å². The number of amides is 1. The fourth-order valence-electron chi connectivity index (χ4n) is 4.34. The molecule has 1 unspecified atom stereocenters. The van der Waals surface area contributed by atoms with Gasteiger partial charge in [-0.3, -0.25) is 15.0 Å². The van der Waals surface area contributed by atoms with Crippen LogP contribution in [0.15, 0.2) is 48.5 Å². The van der Waals surface area contributed by atoms with Crippen LogP contribution in [0.2, 0.25) is 0 Å². The molecule has 32 heavy (non-hydrogen) atoms. The summed E-state index contributed by atoms with van der Waals surface area (Å²) in [5.41, 5.74) is 8.98. The van der Waals surface area contributed by atoms with E-state index < -0.39 is 11.9 Å². The first-order chi connectivity index (χ1) is 15.3. The van der Waals surface area contributed by atoms with Crippen LogP contribution in [0.3, 0.4) is 0 Å². The number of carbonyl (C=O) groups is 2. The van der Waals surface area contributed by atoms with Crippen molar-refractivity contribution in [1.29, 1.82) is 0 Å². The first-order valence-corrected chi connectivity index (χ1v) is 10.9. The number of aryl methyl sites for hydroxylation is 2. The molecular weight excluding hydrogens is 404 g/mol. The fraction of sp³-hybridized carbons (Fsp3) is 0.320. The molecule has 1 atom stereocenters. The monoisotopic (exact) mass is 432 g/mol. The van der Waals surface area contributed by atoms with Crippen molar-refractivity contribution in [2.24, 2.45) is 5.92 Å². The number of nitrogens with zero attached hydrogens (tertiary/aromatic N) is 3. The lowest BCUT2D eigenvalue weighted by Gasteiger charge is -2.30. The fourth-order valence-corrected chi connectivity index (χ4v) is 4.34. The molecule has 0 radical (unpaired) electrons. The van der Waals surface area contributed by atoms with Crippen LogP contribution >= 0.6 is 0 Å². The van der Waals surface area contributed by atoms with Gasteiger partial charge in [0.1, 0.15) is 0 Å². The van der Waals surface area contributed by atoms with Crippen molar-refractivity contribution in [3.8, 4) is 16.9 Å². The second-order valence-electron chi connectivity index (χ2n) is 8.45. The molecule has 0 bridgehead atoms. The quantitative estimate of drug-likeness (QED) is 0.638. The summed E-state index contributed by atoms with van der Waals surface area (Å²) in [5, 5.41) is 15.8. The highest BCUT2D eigenvalue weighted by molar-refractivity contribution is 5.95. The molecule has 0 spiro atoms. The zero-order valence-corrected chi connectivity index (χ0v) is 18.6. The Morgan fingerprint density at radius 2 is 1.84 bits per heavy atom. The van der Waals surface area contributed by atoms with Crippen LogP contribution in [-0.4, -0.2) is 44.9 Å². The van der Waals surface area contributed by atoms with Crippen LogP contribution in [0.5, 0.6) is 0 Å². The van der Waals surface area contributed by atoms with Crippen molar-refractivity contribution in [1.82, 2.24) is 20.2 Å². The Bertz CT molecular complexity index is 1150. The first-order valence-electron chi connectivity index (χ1n) is 10.9. The van der Waals surface area contributed by atoms with E-state index in [2.05, 4.69) is 11.5 Å². The molecule has 1 amide bonds. The summed E-state index contributed by atoms with van der Waals surface area (Å²) < 4.78 is 1.84. The number of benzene rings is 2. The molecule has 7 nitrogen and oxygen atoms in total. The summed E-state index contributed by atoms with van der Waals surface area (Å²) in [4.78, 5) is 24.6. The Balaban J connectivity index is 1.72. The van der Waals surface area contributed by atoms with E-state index >= 15 is 0 Å². The van der Waals surface area contributed by atoms with Gasteiger partial charge in [0, 0.05) is 24.2 Å². The number of aliphatic carboxylic acids is 1. The molecule has 1 saturated heterocycles. The van der Waals surface area contributed by atoms with Crippen molar-refractivity contribution in [2.45, 2.75) is 33.6 Å². The van der Waals surface area contributed by atoms with Gasteiger partial charge in [-0.1, -0.05) is 48.0 Å². The molecule has 3 aromatic rings. The number of hydrazine groups is 1. The molecule has 1 aliphatic heterocycles. The highest BCUT2D eigenvalue weighted by Crippen LogP contribution is 2.30. The molecule has 1 aliphatic rings. The summed E-state index contributed by atoms with van der Waals surface area (Å²) in [6.07, 6.45) is 1.35. The maximum Gasteiger partial charge on any atom is 0.307 e. The van der Waals surface area contributed by atoms with Gasteiger partial charge in [-0.2, -0.15) is 5.10 Å². The van der Waals surface area contributed by atoms with Crippen LogP contribution in [-0.2, 0) is 4.79 Å². The van der Waals surface area contributed by atoms with Gasteiger partial charge in [-0.25, -0.2) is 9.69 Å². The topological polar surface area (TPSA) is 87.5 Å². The molecular formula is C25H28N4O3. The van der Waals surface area contributed by atoms with Gasteiger partial charge in [0.2, 0.25) is 0 Å². The number of carbonyl (C=O) groups excluding carboxylic acids is 1. The van der Waals surface area contributed by atoms with Crippen molar-refractivity contribution < 1.29 is 14.7 Å². The molecule has 1 aromatic heterocycles. The smallest absolute Gasteiger partial charge is 0.307 e. The molecule has 7 heteroatoms. The van der Waals surface area contributed by atoms with Crippen LogP contribution in [0.25, 0.3) is 16.9 Å². The van der Waals surface area contributed by atoms with E-state index in [4.69, 9.17) is 5.10 Å². The number of rotatable bonds is 5. The number of carboxylic acid groups (broad SMARTS) is 1. The third kappa shape index (κ3) is 4.29. The van der Waals surface area contributed by atoms with Crippen molar-refractivity contribution in [3.05, 3.63) is 70.9 Å². The van der Waals surface area contributed by atoms with Crippen molar-refractivity contribution in [3.63, 3.8) is 0 Å². The Hall–Kier alpha value is -3.45. The number of nitrogens with one attached hydrogen (secondary N) is 1. The van der Waals surface area contributed by atoms with Gasteiger partial charge >= 0.3 is 5.97 Å². The summed E-state index contributed by atoms with van der Waals surface area (Å²) in [6.45, 7) is 6.90. The van der Waals surface area contributed by atoms with E-state index in [1.165, 1.54) is 0 Å². The molecule has 2 N–H and O–H groups in total. The van der Waals surface area contributed by atoms with E-state index in [-0.39, 0.29) is 5.91 Å². The third-order valence-electron chi connectivity index (χ3n) is 6.00. The number of hydrogen-bond donors (Lipinski definition) is 2. The van der Waals surface area contributed by atoms with E-state index in [0.717, 1.165) is 40.1 Å². The first kappa shape index (κ1) is 21.8. The lowest BCUT2D eigenvalue weighted by molar-refractivity contribution is -0.144. The summed E-state index contributed by atoms with van der Waals surface area (Å²) in [7, 11) is 0. The molecule has 2 aromatic carbocycles. The highest BCUT2D eigenvalue weighted by atomic mass is 16.4. The van der Waals surface area contributed by atoms with Gasteiger partial charge in [-0.15, -0.1) is 0 Å². The zero-order chi connectivity index (χ0) is 22.8. The van der Waals surface area contributed by atoms with Crippen LogP contribution < -0.4 is 5.43 Å². The molecule has 2 heterocycles. The second kappa shape index (κ2) is 8.96. The number of piperidine rings is 1. The number of carboxylic acids is 1.